The molecule has 0 fully saturated rings. The highest BCUT2D eigenvalue weighted by Crippen LogP contribution is 2.16. The van der Waals surface area contributed by atoms with Crippen molar-refractivity contribution < 1.29 is 19.4 Å². The van der Waals surface area contributed by atoms with E-state index in [1.54, 1.807) is 37.3 Å². The van der Waals surface area contributed by atoms with Gasteiger partial charge >= 0.3 is 5.97 Å². The van der Waals surface area contributed by atoms with Crippen LogP contribution in [0.1, 0.15) is 24.0 Å². The summed E-state index contributed by atoms with van der Waals surface area (Å²) in [6.45, 7) is 3.59. The van der Waals surface area contributed by atoms with E-state index in [-0.39, 0.29) is 12.5 Å². The second-order valence-electron chi connectivity index (χ2n) is 5.62. The van der Waals surface area contributed by atoms with Gasteiger partial charge in [0.25, 0.3) is 5.91 Å². The number of hydrogen-bond donors (Lipinski definition) is 2. The van der Waals surface area contributed by atoms with E-state index < -0.39 is 18.0 Å². The van der Waals surface area contributed by atoms with E-state index in [9.17, 15) is 14.7 Å². The summed E-state index contributed by atoms with van der Waals surface area (Å²) in [4.78, 5) is 23.6. The van der Waals surface area contributed by atoms with Crippen molar-refractivity contribution in [2.45, 2.75) is 25.9 Å². The Morgan fingerprint density at radius 3 is 2.46 bits per heavy atom. The first-order chi connectivity index (χ1) is 11.5. The Morgan fingerprint density at radius 2 is 1.83 bits per heavy atom. The Morgan fingerprint density at radius 1 is 1.12 bits per heavy atom. The Bertz CT molecular complexity index is 700. The molecule has 24 heavy (non-hydrogen) atoms. The van der Waals surface area contributed by atoms with Crippen molar-refractivity contribution in [1.29, 1.82) is 0 Å². The summed E-state index contributed by atoms with van der Waals surface area (Å²) >= 11 is 0. The summed E-state index contributed by atoms with van der Waals surface area (Å²) in [6.07, 6.45) is -0.711. The molecule has 2 aromatic carbocycles. The number of aryl methyl sites for hydroxylation is 1. The molecule has 0 saturated carbocycles. The lowest BCUT2D eigenvalue weighted by Gasteiger charge is -2.18. The van der Waals surface area contributed by atoms with E-state index in [2.05, 4.69) is 5.32 Å². The minimum Gasteiger partial charge on any atom is -0.481 e. The summed E-state index contributed by atoms with van der Waals surface area (Å²) in [6, 6.07) is 16.2. The average Bonchev–Trinajstić information content (AvgIpc) is 2.55. The zero-order chi connectivity index (χ0) is 17.5. The van der Waals surface area contributed by atoms with Crippen LogP contribution in [0.3, 0.4) is 0 Å². The Kier molecular flexibility index (Phi) is 5.95. The fourth-order valence-corrected chi connectivity index (χ4v) is 2.33. The van der Waals surface area contributed by atoms with E-state index in [0.29, 0.717) is 11.3 Å². The highest BCUT2D eigenvalue weighted by molar-refractivity contribution is 5.82. The first-order valence-corrected chi connectivity index (χ1v) is 7.76. The monoisotopic (exact) mass is 327 g/mol. The Balaban J connectivity index is 1.94. The van der Waals surface area contributed by atoms with Crippen molar-refractivity contribution in [2.75, 3.05) is 6.54 Å². The Labute approximate surface area is 141 Å². The minimum atomic E-state index is -0.978. The normalized spacial score (nSPS) is 12.9. The molecule has 2 atom stereocenters. The molecule has 2 unspecified atom stereocenters. The molecule has 2 rings (SSSR count). The molecule has 1 amide bonds. The van der Waals surface area contributed by atoms with Crippen molar-refractivity contribution in [3.8, 4) is 5.75 Å². The molecule has 0 heterocycles. The molecule has 0 aliphatic heterocycles. The van der Waals surface area contributed by atoms with Crippen LogP contribution in [-0.2, 0) is 9.59 Å². The van der Waals surface area contributed by atoms with Crippen LogP contribution < -0.4 is 10.1 Å². The molecule has 5 heteroatoms. The standard InChI is InChI=1S/C19H21NO4/c1-13-7-6-10-16(11-13)24-14(2)18(21)20-12-17(19(22)23)15-8-4-3-5-9-15/h3-11,14,17H,12H2,1-2H3,(H,20,21)(H,22,23). The first kappa shape index (κ1) is 17.5. The largest absolute Gasteiger partial charge is 0.481 e. The number of nitrogens with one attached hydrogen (secondary N) is 1. The van der Waals surface area contributed by atoms with Gasteiger partial charge < -0.3 is 15.2 Å². The highest BCUT2D eigenvalue weighted by Gasteiger charge is 2.22. The van der Waals surface area contributed by atoms with E-state index in [0.717, 1.165) is 5.56 Å². The number of ether oxygens (including phenoxy) is 1. The summed E-state index contributed by atoms with van der Waals surface area (Å²) in [5, 5.41) is 12.0. The number of benzene rings is 2. The molecular formula is C19H21NO4. The number of rotatable bonds is 7. The van der Waals surface area contributed by atoms with Gasteiger partial charge in [0, 0.05) is 6.54 Å². The number of carbonyl (C=O) groups is 2. The first-order valence-electron chi connectivity index (χ1n) is 7.76. The van der Waals surface area contributed by atoms with Crippen LogP contribution in [0.2, 0.25) is 0 Å². The fraction of sp³-hybridized carbons (Fsp3) is 0.263. The van der Waals surface area contributed by atoms with Gasteiger partial charge in [-0.15, -0.1) is 0 Å². The summed E-state index contributed by atoms with van der Waals surface area (Å²) < 4.78 is 5.60. The molecule has 2 aromatic rings. The minimum absolute atomic E-state index is 0.0136. The number of carboxylic acids is 1. The predicted octanol–water partition coefficient (Wildman–Crippen LogP) is 2.75. The lowest BCUT2D eigenvalue weighted by atomic mass is 9.99. The summed E-state index contributed by atoms with van der Waals surface area (Å²) in [7, 11) is 0. The SMILES string of the molecule is Cc1cccc(OC(C)C(=O)NCC(C(=O)O)c2ccccc2)c1. The lowest BCUT2D eigenvalue weighted by Crippen LogP contribution is -2.39. The van der Waals surface area contributed by atoms with Crippen LogP contribution in [0.15, 0.2) is 54.6 Å². The van der Waals surface area contributed by atoms with Gasteiger partial charge in [0.15, 0.2) is 6.10 Å². The maximum Gasteiger partial charge on any atom is 0.312 e. The molecule has 0 aliphatic rings. The van der Waals surface area contributed by atoms with Gasteiger partial charge in [-0.3, -0.25) is 9.59 Å². The fourth-order valence-electron chi connectivity index (χ4n) is 2.33. The topological polar surface area (TPSA) is 75.6 Å². The van der Waals surface area contributed by atoms with Gasteiger partial charge in [0.1, 0.15) is 5.75 Å². The third-order valence-corrected chi connectivity index (χ3v) is 3.65. The van der Waals surface area contributed by atoms with Gasteiger partial charge in [0.2, 0.25) is 0 Å². The third-order valence-electron chi connectivity index (χ3n) is 3.65. The Hall–Kier alpha value is -2.82. The van der Waals surface area contributed by atoms with Gasteiger partial charge in [-0.1, -0.05) is 42.5 Å². The van der Waals surface area contributed by atoms with Crippen LogP contribution in [0.25, 0.3) is 0 Å². The van der Waals surface area contributed by atoms with Crippen molar-refractivity contribution in [3.05, 3.63) is 65.7 Å². The molecule has 2 N–H and O–H groups in total. The van der Waals surface area contributed by atoms with Crippen LogP contribution in [0, 0.1) is 6.92 Å². The van der Waals surface area contributed by atoms with E-state index in [1.165, 1.54) is 0 Å². The average molecular weight is 327 g/mol. The van der Waals surface area contributed by atoms with Gasteiger partial charge in [-0.2, -0.15) is 0 Å². The second-order valence-corrected chi connectivity index (χ2v) is 5.62. The van der Waals surface area contributed by atoms with Crippen molar-refractivity contribution in [2.24, 2.45) is 0 Å². The molecule has 0 spiro atoms. The maximum atomic E-state index is 12.2. The smallest absolute Gasteiger partial charge is 0.312 e. The molecule has 0 bridgehead atoms. The zero-order valence-electron chi connectivity index (χ0n) is 13.7. The van der Waals surface area contributed by atoms with Gasteiger partial charge in [-0.25, -0.2) is 0 Å². The quantitative estimate of drug-likeness (QED) is 0.820. The molecule has 126 valence electrons. The molecular weight excluding hydrogens is 306 g/mol. The van der Waals surface area contributed by atoms with E-state index in [4.69, 9.17) is 4.74 Å². The molecule has 0 aromatic heterocycles. The van der Waals surface area contributed by atoms with Crippen LogP contribution in [-0.4, -0.2) is 29.6 Å². The second kappa shape index (κ2) is 8.15. The molecule has 0 aliphatic carbocycles. The number of amides is 1. The predicted molar refractivity (Wildman–Crippen MR) is 91.1 cm³/mol. The molecule has 0 saturated heterocycles. The van der Waals surface area contributed by atoms with Gasteiger partial charge in [0.05, 0.1) is 5.92 Å². The number of carbonyl (C=O) groups excluding carboxylic acids is 1. The number of aliphatic carboxylic acids is 1. The molecule has 5 nitrogen and oxygen atoms in total. The lowest BCUT2D eigenvalue weighted by molar-refractivity contribution is -0.138. The van der Waals surface area contributed by atoms with Crippen molar-refractivity contribution in [1.82, 2.24) is 5.32 Å². The summed E-state index contributed by atoms with van der Waals surface area (Å²) in [5.74, 6) is -1.51. The maximum absolute atomic E-state index is 12.2. The number of hydrogen-bond acceptors (Lipinski definition) is 3. The highest BCUT2D eigenvalue weighted by atomic mass is 16.5. The third kappa shape index (κ3) is 4.84. The van der Waals surface area contributed by atoms with Crippen molar-refractivity contribution in [3.63, 3.8) is 0 Å². The van der Waals surface area contributed by atoms with Crippen LogP contribution >= 0.6 is 0 Å². The van der Waals surface area contributed by atoms with Crippen LogP contribution in [0.5, 0.6) is 5.75 Å². The van der Waals surface area contributed by atoms with Crippen LogP contribution in [0.4, 0.5) is 0 Å². The number of carboxylic acid groups (broad SMARTS) is 1. The van der Waals surface area contributed by atoms with Gasteiger partial charge in [-0.05, 0) is 37.1 Å². The van der Waals surface area contributed by atoms with E-state index in [1.807, 2.05) is 31.2 Å². The zero-order valence-corrected chi connectivity index (χ0v) is 13.7. The summed E-state index contributed by atoms with van der Waals surface area (Å²) in [5.41, 5.74) is 1.69. The molecule has 0 radical (unpaired) electrons. The van der Waals surface area contributed by atoms with Crippen molar-refractivity contribution >= 4 is 11.9 Å². The van der Waals surface area contributed by atoms with E-state index >= 15 is 0 Å².